The summed E-state index contributed by atoms with van der Waals surface area (Å²) in [6, 6.07) is 6.38. The van der Waals surface area contributed by atoms with Gasteiger partial charge in [0.25, 0.3) is 0 Å². The van der Waals surface area contributed by atoms with E-state index in [0.29, 0.717) is 6.61 Å². The molecule has 0 aliphatic carbocycles. The van der Waals surface area contributed by atoms with Gasteiger partial charge in [0.1, 0.15) is 5.75 Å². The molecule has 1 atom stereocenters. The molecule has 1 aromatic heterocycles. The first-order valence-corrected chi connectivity index (χ1v) is 8.03. The molecule has 2 rings (SSSR count). The highest BCUT2D eigenvalue weighted by Crippen LogP contribution is 2.33. The van der Waals surface area contributed by atoms with Gasteiger partial charge >= 0.3 is 0 Å². The van der Waals surface area contributed by atoms with E-state index in [9.17, 15) is 0 Å². The average molecular weight is 340 g/mol. The molecule has 1 unspecified atom stereocenters. The summed E-state index contributed by atoms with van der Waals surface area (Å²) in [6.45, 7) is 4.83. The van der Waals surface area contributed by atoms with Gasteiger partial charge in [-0.1, -0.05) is 22.0 Å². The van der Waals surface area contributed by atoms with Crippen molar-refractivity contribution >= 4 is 27.3 Å². The molecule has 0 saturated heterocycles. The van der Waals surface area contributed by atoms with Crippen LogP contribution in [0.4, 0.5) is 0 Å². The normalized spacial score (nSPS) is 12.4. The summed E-state index contributed by atoms with van der Waals surface area (Å²) < 4.78 is 6.59. The van der Waals surface area contributed by atoms with E-state index in [1.54, 1.807) is 11.3 Å². The van der Waals surface area contributed by atoms with Gasteiger partial charge in [0.15, 0.2) is 0 Å². The Kier molecular flexibility index (Phi) is 5.02. The molecule has 0 saturated carbocycles. The lowest BCUT2D eigenvalue weighted by Crippen LogP contribution is -2.18. The van der Waals surface area contributed by atoms with Gasteiger partial charge in [0.05, 0.1) is 12.6 Å². The average Bonchev–Trinajstić information content (AvgIpc) is 2.80. The lowest BCUT2D eigenvalue weighted by Gasteiger charge is -2.19. The number of rotatable bonds is 5. The molecule has 2 nitrogen and oxygen atoms in total. The molecule has 1 heterocycles. The Labute approximate surface area is 126 Å². The van der Waals surface area contributed by atoms with Crippen LogP contribution >= 0.6 is 27.3 Å². The Morgan fingerprint density at radius 3 is 2.63 bits per heavy atom. The van der Waals surface area contributed by atoms with E-state index in [4.69, 9.17) is 4.74 Å². The highest BCUT2D eigenvalue weighted by molar-refractivity contribution is 9.10. The molecule has 0 spiro atoms. The summed E-state index contributed by atoms with van der Waals surface area (Å²) in [4.78, 5) is 0. The molecule has 102 valence electrons. The topological polar surface area (TPSA) is 21.3 Å². The highest BCUT2D eigenvalue weighted by Gasteiger charge is 2.17. The van der Waals surface area contributed by atoms with Crippen LogP contribution in [0.5, 0.6) is 5.75 Å². The second-order valence-corrected chi connectivity index (χ2v) is 5.95. The molecular formula is C15H18BrNOS. The van der Waals surface area contributed by atoms with Crippen LogP contribution in [0.1, 0.15) is 29.7 Å². The molecule has 4 heteroatoms. The fourth-order valence-electron chi connectivity index (χ4n) is 2.14. The van der Waals surface area contributed by atoms with Crippen molar-refractivity contribution in [3.8, 4) is 5.75 Å². The van der Waals surface area contributed by atoms with E-state index < -0.39 is 0 Å². The van der Waals surface area contributed by atoms with Gasteiger partial charge in [-0.3, -0.25) is 0 Å². The van der Waals surface area contributed by atoms with E-state index in [1.807, 2.05) is 26.1 Å². The minimum Gasteiger partial charge on any atom is -0.494 e. The van der Waals surface area contributed by atoms with E-state index >= 15 is 0 Å². The Bertz CT molecular complexity index is 553. The Morgan fingerprint density at radius 2 is 2.11 bits per heavy atom. The lowest BCUT2D eigenvalue weighted by molar-refractivity contribution is 0.340. The highest BCUT2D eigenvalue weighted by atomic mass is 79.9. The summed E-state index contributed by atoms with van der Waals surface area (Å²) >= 11 is 5.39. The van der Waals surface area contributed by atoms with Crippen LogP contribution < -0.4 is 10.1 Å². The Morgan fingerprint density at radius 1 is 1.32 bits per heavy atom. The Balaban J connectivity index is 2.36. The van der Waals surface area contributed by atoms with E-state index in [1.165, 1.54) is 16.7 Å². The smallest absolute Gasteiger partial charge is 0.120 e. The van der Waals surface area contributed by atoms with Gasteiger partial charge in [-0.05, 0) is 60.5 Å². The maximum atomic E-state index is 5.52. The Hall–Kier alpha value is -0.840. The van der Waals surface area contributed by atoms with Gasteiger partial charge in [0.2, 0.25) is 0 Å². The minimum absolute atomic E-state index is 0.205. The SMILES string of the molecule is CCOc1ccc(C(NC)c2cscc2C)c(Br)c1. The first-order valence-electron chi connectivity index (χ1n) is 6.29. The fourth-order valence-corrected chi connectivity index (χ4v) is 3.61. The summed E-state index contributed by atoms with van der Waals surface area (Å²) in [6.07, 6.45) is 0. The molecule has 0 fully saturated rings. The van der Waals surface area contributed by atoms with Crippen LogP contribution in [0, 0.1) is 6.92 Å². The van der Waals surface area contributed by atoms with Crippen molar-refractivity contribution < 1.29 is 4.74 Å². The van der Waals surface area contributed by atoms with Crippen molar-refractivity contribution in [3.63, 3.8) is 0 Å². The molecule has 0 aliphatic heterocycles. The summed E-state index contributed by atoms with van der Waals surface area (Å²) in [7, 11) is 1.99. The molecular weight excluding hydrogens is 322 g/mol. The molecule has 0 amide bonds. The van der Waals surface area contributed by atoms with Gasteiger partial charge in [-0.15, -0.1) is 0 Å². The van der Waals surface area contributed by atoms with E-state index in [0.717, 1.165) is 10.2 Å². The number of benzene rings is 1. The zero-order chi connectivity index (χ0) is 13.8. The van der Waals surface area contributed by atoms with Gasteiger partial charge < -0.3 is 10.1 Å². The molecule has 0 bridgehead atoms. The number of ether oxygens (including phenoxy) is 1. The van der Waals surface area contributed by atoms with Gasteiger partial charge in [-0.25, -0.2) is 0 Å². The van der Waals surface area contributed by atoms with Crippen molar-refractivity contribution in [1.82, 2.24) is 5.32 Å². The van der Waals surface area contributed by atoms with Crippen LogP contribution in [0.15, 0.2) is 33.4 Å². The van der Waals surface area contributed by atoms with Crippen LogP contribution in [0.2, 0.25) is 0 Å². The monoisotopic (exact) mass is 339 g/mol. The number of thiophene rings is 1. The van der Waals surface area contributed by atoms with Crippen molar-refractivity contribution in [3.05, 3.63) is 50.1 Å². The quantitative estimate of drug-likeness (QED) is 0.864. The third-order valence-corrected chi connectivity index (χ3v) is 4.66. The van der Waals surface area contributed by atoms with Crippen molar-refractivity contribution in [2.75, 3.05) is 13.7 Å². The maximum absolute atomic E-state index is 5.52. The second kappa shape index (κ2) is 6.55. The number of aryl methyl sites for hydroxylation is 1. The summed E-state index contributed by atoms with van der Waals surface area (Å²) in [5.41, 5.74) is 3.88. The number of hydrogen-bond acceptors (Lipinski definition) is 3. The molecule has 0 aliphatic rings. The second-order valence-electron chi connectivity index (χ2n) is 4.35. The molecule has 1 aromatic carbocycles. The first-order chi connectivity index (χ1) is 9.17. The summed E-state index contributed by atoms with van der Waals surface area (Å²) in [5.74, 6) is 0.898. The summed E-state index contributed by atoms with van der Waals surface area (Å²) in [5, 5.41) is 7.78. The molecule has 2 aromatic rings. The van der Waals surface area contributed by atoms with Gasteiger partial charge in [-0.2, -0.15) is 11.3 Å². The van der Waals surface area contributed by atoms with Crippen LogP contribution in [0.25, 0.3) is 0 Å². The predicted octanol–water partition coefficient (Wildman–Crippen LogP) is 4.53. The van der Waals surface area contributed by atoms with Crippen molar-refractivity contribution in [2.24, 2.45) is 0 Å². The van der Waals surface area contributed by atoms with Gasteiger partial charge in [0, 0.05) is 4.47 Å². The largest absolute Gasteiger partial charge is 0.494 e. The third-order valence-electron chi connectivity index (χ3n) is 3.09. The zero-order valence-electron chi connectivity index (χ0n) is 11.4. The standard InChI is InChI=1S/C15H18BrNOS/c1-4-18-11-5-6-12(14(16)7-11)15(17-3)13-9-19-8-10(13)2/h5-9,15,17H,4H2,1-3H3. The number of nitrogens with one attached hydrogen (secondary N) is 1. The van der Waals surface area contributed by atoms with Crippen LogP contribution in [0.3, 0.4) is 0 Å². The lowest BCUT2D eigenvalue weighted by atomic mass is 9.98. The fraction of sp³-hybridized carbons (Fsp3) is 0.333. The predicted molar refractivity (Wildman–Crippen MR) is 85.3 cm³/mol. The number of hydrogen-bond donors (Lipinski definition) is 1. The molecule has 0 radical (unpaired) electrons. The number of halogens is 1. The molecule has 19 heavy (non-hydrogen) atoms. The van der Waals surface area contributed by atoms with Crippen LogP contribution in [-0.2, 0) is 0 Å². The van der Waals surface area contributed by atoms with E-state index in [-0.39, 0.29) is 6.04 Å². The maximum Gasteiger partial charge on any atom is 0.120 e. The van der Waals surface area contributed by atoms with Crippen molar-refractivity contribution in [2.45, 2.75) is 19.9 Å². The van der Waals surface area contributed by atoms with E-state index in [2.05, 4.69) is 45.0 Å². The van der Waals surface area contributed by atoms with Crippen molar-refractivity contribution in [1.29, 1.82) is 0 Å². The first kappa shape index (κ1) is 14.6. The molecule has 1 N–H and O–H groups in total. The zero-order valence-corrected chi connectivity index (χ0v) is 13.8. The van der Waals surface area contributed by atoms with Crippen LogP contribution in [-0.4, -0.2) is 13.7 Å². The third kappa shape index (κ3) is 3.19. The minimum atomic E-state index is 0.205.